The van der Waals surface area contributed by atoms with Crippen LogP contribution >= 0.6 is 23.7 Å². The number of hydrogen-bond donors (Lipinski definition) is 2. The molecule has 0 saturated heterocycles. The summed E-state index contributed by atoms with van der Waals surface area (Å²) in [6, 6.07) is 10.3. The molecule has 0 atom stereocenters. The van der Waals surface area contributed by atoms with Crippen LogP contribution in [0.5, 0.6) is 0 Å². The molecular weight excluding hydrogens is 318 g/mol. The summed E-state index contributed by atoms with van der Waals surface area (Å²) in [7, 11) is 0. The average molecular weight is 340 g/mol. The molecule has 0 spiro atoms. The van der Waals surface area contributed by atoms with Crippen LogP contribution in [-0.4, -0.2) is 17.4 Å². The van der Waals surface area contributed by atoms with Crippen LogP contribution in [0, 0.1) is 5.41 Å². The van der Waals surface area contributed by atoms with Gasteiger partial charge in [0.2, 0.25) is 0 Å². The Bertz CT molecular complexity index is 598. The normalized spacial score (nSPS) is 10.9. The zero-order chi connectivity index (χ0) is 15.3. The highest BCUT2D eigenvalue weighted by molar-refractivity contribution is 7.09. The van der Waals surface area contributed by atoms with Crippen molar-refractivity contribution in [3.05, 3.63) is 52.0 Å². The number of carbonyl (C=O) groups excluding carboxylic acids is 1. The second-order valence-electron chi connectivity index (χ2n) is 5.84. The first-order valence-electron chi connectivity index (χ1n) is 6.97. The summed E-state index contributed by atoms with van der Waals surface area (Å²) in [5, 5.41) is 5.49. The first kappa shape index (κ1) is 18.6. The van der Waals surface area contributed by atoms with Crippen molar-refractivity contribution >= 4 is 29.7 Å². The number of rotatable bonds is 6. The standard InChI is InChI=1S/C16H21N3OS.ClH/c1-16(2,8-12-6-4-3-5-7-12)11-18-15(20)13-10-21-14(9-17)19-13;/h3-7,10H,8-9,11,17H2,1-2H3,(H,18,20);1H. The molecule has 3 N–H and O–H groups in total. The van der Waals surface area contributed by atoms with Gasteiger partial charge in [-0.1, -0.05) is 44.2 Å². The highest BCUT2D eigenvalue weighted by atomic mass is 35.5. The molecule has 0 saturated carbocycles. The lowest BCUT2D eigenvalue weighted by Crippen LogP contribution is -2.35. The van der Waals surface area contributed by atoms with Gasteiger partial charge in [0.25, 0.3) is 5.91 Å². The van der Waals surface area contributed by atoms with E-state index in [2.05, 4.69) is 36.3 Å². The summed E-state index contributed by atoms with van der Waals surface area (Å²) in [6.45, 7) is 5.27. The number of aromatic nitrogens is 1. The van der Waals surface area contributed by atoms with E-state index in [1.54, 1.807) is 5.38 Å². The fourth-order valence-corrected chi connectivity index (χ4v) is 2.78. The van der Waals surface area contributed by atoms with Gasteiger partial charge < -0.3 is 11.1 Å². The molecule has 1 heterocycles. The second kappa shape index (κ2) is 8.27. The molecule has 4 nitrogen and oxygen atoms in total. The van der Waals surface area contributed by atoms with E-state index in [0.29, 0.717) is 18.8 Å². The molecule has 1 aromatic heterocycles. The summed E-state index contributed by atoms with van der Waals surface area (Å²) >= 11 is 1.42. The lowest BCUT2D eigenvalue weighted by Gasteiger charge is -2.25. The SMILES string of the molecule is CC(C)(CNC(=O)c1csc(CN)n1)Cc1ccccc1.Cl. The number of amides is 1. The molecule has 2 aromatic rings. The molecule has 0 aliphatic heterocycles. The van der Waals surface area contributed by atoms with Crippen LogP contribution in [0.2, 0.25) is 0 Å². The molecule has 0 aliphatic carbocycles. The van der Waals surface area contributed by atoms with E-state index >= 15 is 0 Å². The molecule has 6 heteroatoms. The van der Waals surface area contributed by atoms with E-state index < -0.39 is 0 Å². The van der Waals surface area contributed by atoms with Crippen molar-refractivity contribution in [1.29, 1.82) is 0 Å². The Morgan fingerprint density at radius 2 is 2.00 bits per heavy atom. The van der Waals surface area contributed by atoms with Crippen LogP contribution in [0.1, 0.15) is 34.9 Å². The van der Waals surface area contributed by atoms with Gasteiger partial charge in [-0.05, 0) is 17.4 Å². The molecule has 0 unspecified atom stereocenters. The largest absolute Gasteiger partial charge is 0.350 e. The van der Waals surface area contributed by atoms with Crippen LogP contribution in [0.15, 0.2) is 35.7 Å². The summed E-state index contributed by atoms with van der Waals surface area (Å²) < 4.78 is 0. The molecule has 0 radical (unpaired) electrons. The smallest absolute Gasteiger partial charge is 0.270 e. The summed E-state index contributed by atoms with van der Waals surface area (Å²) in [4.78, 5) is 16.3. The predicted octanol–water partition coefficient (Wildman–Crippen LogP) is 3.02. The number of halogens is 1. The summed E-state index contributed by atoms with van der Waals surface area (Å²) in [6.07, 6.45) is 0.916. The first-order valence-corrected chi connectivity index (χ1v) is 7.85. The van der Waals surface area contributed by atoms with Crippen molar-refractivity contribution in [2.75, 3.05) is 6.54 Å². The molecule has 0 bridgehead atoms. The van der Waals surface area contributed by atoms with Crippen molar-refractivity contribution in [2.45, 2.75) is 26.8 Å². The summed E-state index contributed by atoms with van der Waals surface area (Å²) in [5.41, 5.74) is 7.23. The Hall–Kier alpha value is -1.43. The van der Waals surface area contributed by atoms with E-state index in [-0.39, 0.29) is 23.7 Å². The van der Waals surface area contributed by atoms with Gasteiger partial charge in [0.05, 0.1) is 0 Å². The molecule has 1 aromatic carbocycles. The minimum Gasteiger partial charge on any atom is -0.350 e. The van der Waals surface area contributed by atoms with Crippen molar-refractivity contribution in [2.24, 2.45) is 11.1 Å². The highest BCUT2D eigenvalue weighted by Gasteiger charge is 2.20. The highest BCUT2D eigenvalue weighted by Crippen LogP contribution is 2.21. The van der Waals surface area contributed by atoms with Gasteiger partial charge in [-0.15, -0.1) is 23.7 Å². The fourth-order valence-electron chi connectivity index (χ4n) is 2.13. The maximum atomic E-state index is 12.1. The number of thiazole rings is 1. The van der Waals surface area contributed by atoms with Crippen LogP contribution in [-0.2, 0) is 13.0 Å². The molecule has 22 heavy (non-hydrogen) atoms. The lowest BCUT2D eigenvalue weighted by molar-refractivity contribution is 0.0932. The van der Waals surface area contributed by atoms with Crippen molar-refractivity contribution in [1.82, 2.24) is 10.3 Å². The van der Waals surface area contributed by atoms with Gasteiger partial charge in [-0.3, -0.25) is 4.79 Å². The second-order valence-corrected chi connectivity index (χ2v) is 6.78. The quantitative estimate of drug-likeness (QED) is 0.850. The van der Waals surface area contributed by atoms with E-state index in [0.717, 1.165) is 11.4 Å². The minimum atomic E-state index is -0.132. The Morgan fingerprint density at radius 1 is 1.32 bits per heavy atom. The van der Waals surface area contributed by atoms with E-state index in [4.69, 9.17) is 5.73 Å². The molecule has 1 amide bonds. The zero-order valence-electron chi connectivity index (χ0n) is 12.8. The molecule has 0 aliphatic rings. The van der Waals surface area contributed by atoms with Crippen molar-refractivity contribution < 1.29 is 4.79 Å². The van der Waals surface area contributed by atoms with Gasteiger partial charge in [-0.25, -0.2) is 4.98 Å². The van der Waals surface area contributed by atoms with E-state index in [9.17, 15) is 4.79 Å². The Labute approximate surface area is 141 Å². The number of nitrogens with two attached hydrogens (primary N) is 1. The molecule has 120 valence electrons. The minimum absolute atomic E-state index is 0. The van der Waals surface area contributed by atoms with Crippen molar-refractivity contribution in [3.63, 3.8) is 0 Å². The van der Waals surface area contributed by atoms with Crippen LogP contribution in [0.4, 0.5) is 0 Å². The third-order valence-corrected chi connectivity index (χ3v) is 4.08. The van der Waals surface area contributed by atoms with Crippen molar-refractivity contribution in [3.8, 4) is 0 Å². The third kappa shape index (κ3) is 5.40. The number of benzene rings is 1. The monoisotopic (exact) mass is 339 g/mol. The number of hydrogen-bond acceptors (Lipinski definition) is 4. The Morgan fingerprint density at radius 3 is 2.59 bits per heavy atom. The molecule has 0 fully saturated rings. The van der Waals surface area contributed by atoms with Gasteiger partial charge in [-0.2, -0.15) is 0 Å². The maximum Gasteiger partial charge on any atom is 0.270 e. The zero-order valence-corrected chi connectivity index (χ0v) is 14.5. The summed E-state index contributed by atoms with van der Waals surface area (Å²) in [5.74, 6) is -0.132. The molecular formula is C16H22ClN3OS. The maximum absolute atomic E-state index is 12.1. The molecule has 2 rings (SSSR count). The Kier molecular flexibility index (Phi) is 7.00. The average Bonchev–Trinajstić information content (AvgIpc) is 2.94. The fraction of sp³-hybridized carbons (Fsp3) is 0.375. The third-order valence-electron chi connectivity index (χ3n) is 3.21. The van der Waals surface area contributed by atoms with Gasteiger partial charge in [0.1, 0.15) is 10.7 Å². The number of carbonyl (C=O) groups is 1. The number of nitrogens with zero attached hydrogens (tertiary/aromatic N) is 1. The van der Waals surface area contributed by atoms with Gasteiger partial charge in [0, 0.05) is 18.5 Å². The topological polar surface area (TPSA) is 68.0 Å². The first-order chi connectivity index (χ1) is 10.00. The predicted molar refractivity (Wildman–Crippen MR) is 93.5 cm³/mol. The lowest BCUT2D eigenvalue weighted by atomic mass is 9.85. The Balaban J connectivity index is 0.00000242. The van der Waals surface area contributed by atoms with Crippen LogP contribution in [0.25, 0.3) is 0 Å². The van der Waals surface area contributed by atoms with Gasteiger partial charge >= 0.3 is 0 Å². The van der Waals surface area contributed by atoms with Gasteiger partial charge in [0.15, 0.2) is 0 Å². The van der Waals surface area contributed by atoms with E-state index in [1.165, 1.54) is 16.9 Å². The van der Waals surface area contributed by atoms with Crippen LogP contribution in [0.3, 0.4) is 0 Å². The number of nitrogens with one attached hydrogen (secondary N) is 1. The van der Waals surface area contributed by atoms with E-state index in [1.807, 2.05) is 18.2 Å². The van der Waals surface area contributed by atoms with Crippen LogP contribution < -0.4 is 11.1 Å².